The predicted molar refractivity (Wildman–Crippen MR) is 107 cm³/mol. The van der Waals surface area contributed by atoms with Gasteiger partial charge < -0.3 is 19.5 Å². The summed E-state index contributed by atoms with van der Waals surface area (Å²) in [6.07, 6.45) is 5.86. The molecule has 3 aromatic rings. The maximum Gasteiger partial charge on any atom is 0.259 e. The molecular weight excluding hydrogens is 372 g/mol. The van der Waals surface area contributed by atoms with E-state index in [0.29, 0.717) is 36.7 Å². The molecule has 0 unspecified atom stereocenters. The van der Waals surface area contributed by atoms with Gasteiger partial charge in [-0.05, 0) is 35.7 Å². The van der Waals surface area contributed by atoms with E-state index in [-0.39, 0.29) is 12.5 Å². The van der Waals surface area contributed by atoms with Crippen LogP contribution in [0.2, 0.25) is 0 Å². The Kier molecular flexibility index (Phi) is 5.18. The molecule has 0 spiro atoms. The highest BCUT2D eigenvalue weighted by molar-refractivity contribution is 6.10. The average molecular weight is 394 g/mol. The van der Waals surface area contributed by atoms with Crippen molar-refractivity contribution in [2.75, 3.05) is 25.7 Å². The fourth-order valence-corrected chi connectivity index (χ4v) is 3.45. The molecule has 0 atom stereocenters. The van der Waals surface area contributed by atoms with Gasteiger partial charge in [-0.1, -0.05) is 6.07 Å². The summed E-state index contributed by atoms with van der Waals surface area (Å²) in [4.78, 5) is 18.9. The number of aliphatic hydroxyl groups is 1. The van der Waals surface area contributed by atoms with Crippen molar-refractivity contribution in [3.63, 3.8) is 0 Å². The van der Waals surface area contributed by atoms with Crippen molar-refractivity contribution in [1.82, 2.24) is 14.8 Å². The van der Waals surface area contributed by atoms with Crippen molar-refractivity contribution >= 4 is 11.6 Å². The molecule has 1 aliphatic rings. The quantitative estimate of drug-likeness (QED) is 0.662. The third-order valence-electron chi connectivity index (χ3n) is 4.95. The SMILES string of the molecule is COc1cc(-c2ccc3c(c2)CN(c2cnn(CCCO)c2)C3=O)cnc1OC. The number of rotatable bonds is 7. The van der Waals surface area contributed by atoms with Crippen molar-refractivity contribution in [3.05, 3.63) is 54.0 Å². The number of amides is 1. The van der Waals surface area contributed by atoms with Gasteiger partial charge in [-0.25, -0.2) is 4.98 Å². The van der Waals surface area contributed by atoms with Crippen LogP contribution < -0.4 is 14.4 Å². The Labute approximate surface area is 168 Å². The van der Waals surface area contributed by atoms with Gasteiger partial charge in [0.05, 0.1) is 32.6 Å². The number of hydrogen-bond donors (Lipinski definition) is 1. The lowest BCUT2D eigenvalue weighted by atomic mass is 10.0. The van der Waals surface area contributed by atoms with Crippen LogP contribution in [-0.2, 0) is 13.1 Å². The van der Waals surface area contributed by atoms with Crippen LogP contribution in [0.3, 0.4) is 0 Å². The van der Waals surface area contributed by atoms with Gasteiger partial charge in [0, 0.05) is 36.7 Å². The third-order valence-corrected chi connectivity index (χ3v) is 4.95. The first-order valence-electron chi connectivity index (χ1n) is 9.31. The van der Waals surface area contributed by atoms with Gasteiger partial charge >= 0.3 is 0 Å². The molecule has 1 N–H and O–H groups in total. The van der Waals surface area contributed by atoms with Crippen LogP contribution in [0, 0.1) is 0 Å². The van der Waals surface area contributed by atoms with Gasteiger partial charge in [0.25, 0.3) is 11.8 Å². The second-order valence-corrected chi connectivity index (χ2v) is 6.74. The Hall–Kier alpha value is -3.39. The molecule has 2 aromatic heterocycles. The second-order valence-electron chi connectivity index (χ2n) is 6.74. The fourth-order valence-electron chi connectivity index (χ4n) is 3.45. The first kappa shape index (κ1) is 18.9. The van der Waals surface area contributed by atoms with Crippen LogP contribution in [0.15, 0.2) is 42.9 Å². The number of nitrogens with zero attached hydrogens (tertiary/aromatic N) is 4. The van der Waals surface area contributed by atoms with E-state index in [4.69, 9.17) is 14.6 Å². The van der Waals surface area contributed by atoms with E-state index >= 15 is 0 Å². The molecule has 1 aliphatic heterocycles. The highest BCUT2D eigenvalue weighted by Gasteiger charge is 2.29. The highest BCUT2D eigenvalue weighted by atomic mass is 16.5. The Morgan fingerprint density at radius 1 is 1.14 bits per heavy atom. The van der Waals surface area contributed by atoms with E-state index in [0.717, 1.165) is 22.4 Å². The van der Waals surface area contributed by atoms with E-state index in [9.17, 15) is 4.79 Å². The molecule has 0 saturated carbocycles. The monoisotopic (exact) mass is 394 g/mol. The summed E-state index contributed by atoms with van der Waals surface area (Å²) in [5.74, 6) is 0.939. The number of methoxy groups -OCH3 is 2. The summed E-state index contributed by atoms with van der Waals surface area (Å²) >= 11 is 0. The van der Waals surface area contributed by atoms with Crippen molar-refractivity contribution in [1.29, 1.82) is 0 Å². The van der Waals surface area contributed by atoms with Crippen molar-refractivity contribution in [3.8, 4) is 22.8 Å². The topological polar surface area (TPSA) is 89.7 Å². The minimum absolute atomic E-state index is 0.0429. The third kappa shape index (κ3) is 3.54. The maximum atomic E-state index is 12.9. The molecule has 4 rings (SSSR count). The van der Waals surface area contributed by atoms with Gasteiger partial charge in [0.1, 0.15) is 0 Å². The van der Waals surface area contributed by atoms with Crippen LogP contribution in [-0.4, -0.2) is 46.6 Å². The first-order chi connectivity index (χ1) is 14.1. The van der Waals surface area contributed by atoms with E-state index in [1.165, 1.54) is 0 Å². The molecular formula is C21H22N4O4. The number of hydrogen-bond acceptors (Lipinski definition) is 6. The summed E-state index contributed by atoms with van der Waals surface area (Å²) < 4.78 is 12.3. The zero-order chi connectivity index (χ0) is 20.4. The molecule has 0 radical (unpaired) electrons. The largest absolute Gasteiger partial charge is 0.491 e. The Balaban J connectivity index is 1.60. The highest BCUT2D eigenvalue weighted by Crippen LogP contribution is 2.34. The number of ether oxygens (including phenoxy) is 2. The molecule has 29 heavy (non-hydrogen) atoms. The summed E-state index contributed by atoms with van der Waals surface area (Å²) in [7, 11) is 3.12. The van der Waals surface area contributed by atoms with Crippen LogP contribution in [0.4, 0.5) is 5.69 Å². The van der Waals surface area contributed by atoms with Crippen molar-refractivity contribution in [2.24, 2.45) is 0 Å². The summed E-state index contributed by atoms with van der Waals surface area (Å²) in [5.41, 5.74) is 4.22. The normalized spacial score (nSPS) is 12.9. The molecule has 8 heteroatoms. The Morgan fingerprint density at radius 2 is 2.00 bits per heavy atom. The minimum atomic E-state index is -0.0429. The summed E-state index contributed by atoms with van der Waals surface area (Å²) in [5, 5.41) is 13.2. The van der Waals surface area contributed by atoms with Crippen molar-refractivity contribution < 1.29 is 19.4 Å². The van der Waals surface area contributed by atoms with E-state index in [2.05, 4.69) is 10.1 Å². The zero-order valence-corrected chi connectivity index (χ0v) is 16.3. The zero-order valence-electron chi connectivity index (χ0n) is 16.3. The smallest absolute Gasteiger partial charge is 0.259 e. The average Bonchev–Trinajstić information content (AvgIpc) is 3.35. The minimum Gasteiger partial charge on any atom is -0.491 e. The molecule has 0 saturated heterocycles. The standard InChI is InChI=1S/C21H22N4O4/c1-28-19-9-15(10-22-20(19)29-2)14-4-5-18-16(8-14)12-25(21(18)27)17-11-23-24(13-17)6-3-7-26/h4-5,8-11,13,26H,3,6-7,12H2,1-2H3. The molecule has 150 valence electrons. The lowest BCUT2D eigenvalue weighted by Gasteiger charge is -2.12. The van der Waals surface area contributed by atoms with Gasteiger partial charge in [0.15, 0.2) is 5.75 Å². The van der Waals surface area contributed by atoms with Gasteiger partial charge in [0.2, 0.25) is 0 Å². The van der Waals surface area contributed by atoms with Crippen LogP contribution in [0.1, 0.15) is 22.3 Å². The summed E-state index contributed by atoms with van der Waals surface area (Å²) in [6, 6.07) is 7.63. The van der Waals surface area contributed by atoms with Gasteiger partial charge in [-0.3, -0.25) is 9.48 Å². The van der Waals surface area contributed by atoms with Gasteiger partial charge in [-0.2, -0.15) is 5.10 Å². The van der Waals surface area contributed by atoms with Crippen LogP contribution >= 0.6 is 0 Å². The van der Waals surface area contributed by atoms with E-state index < -0.39 is 0 Å². The van der Waals surface area contributed by atoms with Crippen LogP contribution in [0.5, 0.6) is 11.6 Å². The molecule has 1 amide bonds. The molecule has 0 aliphatic carbocycles. The summed E-state index contributed by atoms with van der Waals surface area (Å²) in [6.45, 7) is 1.20. The lowest BCUT2D eigenvalue weighted by Crippen LogP contribution is -2.22. The van der Waals surface area contributed by atoms with Crippen LogP contribution in [0.25, 0.3) is 11.1 Å². The lowest BCUT2D eigenvalue weighted by molar-refractivity contribution is 0.0996. The van der Waals surface area contributed by atoms with Crippen molar-refractivity contribution in [2.45, 2.75) is 19.5 Å². The number of fused-ring (bicyclic) bond motifs is 1. The van der Waals surface area contributed by atoms with E-state index in [1.54, 1.807) is 36.2 Å². The number of aryl methyl sites for hydroxylation is 1. The van der Waals surface area contributed by atoms with Gasteiger partial charge in [-0.15, -0.1) is 0 Å². The molecule has 3 heterocycles. The Morgan fingerprint density at radius 3 is 2.76 bits per heavy atom. The number of pyridine rings is 1. The number of anilines is 1. The molecule has 1 aromatic carbocycles. The molecule has 0 fully saturated rings. The number of benzene rings is 1. The molecule has 0 bridgehead atoms. The Bertz CT molecular complexity index is 1050. The molecule has 8 nitrogen and oxygen atoms in total. The number of carbonyl (C=O) groups is 1. The predicted octanol–water partition coefficient (Wildman–Crippen LogP) is 2.51. The number of aliphatic hydroxyl groups excluding tert-OH is 1. The number of carbonyl (C=O) groups excluding carboxylic acids is 1. The second kappa shape index (κ2) is 7.92. The fraction of sp³-hybridized carbons (Fsp3) is 0.286. The van der Waals surface area contributed by atoms with E-state index in [1.807, 2.05) is 30.5 Å². The first-order valence-corrected chi connectivity index (χ1v) is 9.31. The number of aromatic nitrogens is 3. The maximum absolute atomic E-state index is 12.9.